The summed E-state index contributed by atoms with van der Waals surface area (Å²) in [6, 6.07) is 5.60. The number of nitrogens with zero attached hydrogens (tertiary/aromatic N) is 3. The van der Waals surface area contributed by atoms with Gasteiger partial charge in [-0.3, -0.25) is 24.2 Å². The van der Waals surface area contributed by atoms with Crippen molar-refractivity contribution in [2.24, 2.45) is 0 Å². The van der Waals surface area contributed by atoms with Crippen LogP contribution in [0.5, 0.6) is 0 Å². The molecule has 1 aromatic carbocycles. The number of ether oxygens (including phenoxy) is 1. The first-order valence-corrected chi connectivity index (χ1v) is 10.4. The number of fused-ring (bicyclic) bond motifs is 1. The van der Waals surface area contributed by atoms with E-state index >= 15 is 0 Å². The van der Waals surface area contributed by atoms with Crippen molar-refractivity contribution in [2.45, 2.75) is 39.2 Å². The Hall–Kier alpha value is -2.25. The topological polar surface area (TPSA) is 70.2 Å². The van der Waals surface area contributed by atoms with Gasteiger partial charge in [0.1, 0.15) is 0 Å². The molecule has 0 saturated carbocycles. The molecule has 0 radical (unpaired) electrons. The van der Waals surface area contributed by atoms with Gasteiger partial charge in [0.05, 0.1) is 17.7 Å². The molecule has 1 saturated heterocycles. The lowest BCUT2D eigenvalue weighted by molar-refractivity contribution is -0.134. The largest absolute Gasteiger partial charge is 0.383 e. The normalized spacial score (nSPS) is 19.8. The summed E-state index contributed by atoms with van der Waals surface area (Å²) in [7, 11) is 1.70. The van der Waals surface area contributed by atoms with Gasteiger partial charge in [-0.1, -0.05) is 25.0 Å². The van der Waals surface area contributed by atoms with E-state index in [0.717, 1.165) is 31.5 Å². The van der Waals surface area contributed by atoms with E-state index in [2.05, 4.69) is 11.8 Å². The van der Waals surface area contributed by atoms with Crippen molar-refractivity contribution in [3.8, 4) is 0 Å². The maximum atomic E-state index is 12.8. The first-order valence-electron chi connectivity index (χ1n) is 10.4. The Balaban J connectivity index is 1.57. The first-order chi connectivity index (χ1) is 14.0. The van der Waals surface area contributed by atoms with E-state index in [0.29, 0.717) is 36.9 Å². The number of amides is 3. The van der Waals surface area contributed by atoms with Crippen LogP contribution in [0.1, 0.15) is 52.5 Å². The molecule has 0 spiro atoms. The minimum absolute atomic E-state index is 0.00484. The van der Waals surface area contributed by atoms with Crippen LogP contribution in [0.15, 0.2) is 18.2 Å². The SMILES string of the molecule is CCC[C@@H]1CN(C(=O)CCN2C(=O)c3ccc(C)cc3C2=O)CCN1CCOC. The van der Waals surface area contributed by atoms with Gasteiger partial charge >= 0.3 is 0 Å². The van der Waals surface area contributed by atoms with Crippen LogP contribution in [0, 0.1) is 6.92 Å². The highest BCUT2D eigenvalue weighted by molar-refractivity contribution is 6.21. The summed E-state index contributed by atoms with van der Waals surface area (Å²) in [6.45, 7) is 7.92. The molecule has 7 heteroatoms. The first kappa shape index (κ1) is 21.5. The number of hydrogen-bond donors (Lipinski definition) is 0. The van der Waals surface area contributed by atoms with Gasteiger partial charge in [-0.15, -0.1) is 0 Å². The summed E-state index contributed by atoms with van der Waals surface area (Å²) >= 11 is 0. The molecule has 3 rings (SSSR count). The van der Waals surface area contributed by atoms with Crippen molar-refractivity contribution in [1.82, 2.24) is 14.7 Å². The van der Waals surface area contributed by atoms with Gasteiger partial charge in [0.25, 0.3) is 11.8 Å². The molecule has 1 atom stereocenters. The molecule has 0 aromatic heterocycles. The van der Waals surface area contributed by atoms with Gasteiger partial charge in [0.15, 0.2) is 0 Å². The van der Waals surface area contributed by atoms with Gasteiger partial charge in [-0.2, -0.15) is 0 Å². The molecule has 2 aliphatic heterocycles. The van der Waals surface area contributed by atoms with Gasteiger partial charge in [-0.25, -0.2) is 0 Å². The maximum absolute atomic E-state index is 12.8. The van der Waals surface area contributed by atoms with Crippen LogP contribution >= 0.6 is 0 Å². The van der Waals surface area contributed by atoms with E-state index in [1.807, 2.05) is 17.9 Å². The van der Waals surface area contributed by atoms with Crippen molar-refractivity contribution < 1.29 is 19.1 Å². The van der Waals surface area contributed by atoms with E-state index in [-0.39, 0.29) is 30.7 Å². The standard InChI is InChI=1S/C22H31N3O4/c1-4-5-17-15-24(11-10-23(17)12-13-29-3)20(26)8-9-25-21(27)18-7-6-16(2)14-19(18)22(25)28/h6-7,14,17H,4-5,8-13,15H2,1-3H3/t17-/m1/s1. The lowest BCUT2D eigenvalue weighted by Crippen LogP contribution is -2.55. The highest BCUT2D eigenvalue weighted by Crippen LogP contribution is 2.24. The Kier molecular flexibility index (Phi) is 7.03. The van der Waals surface area contributed by atoms with E-state index in [1.54, 1.807) is 19.2 Å². The number of rotatable bonds is 8. The van der Waals surface area contributed by atoms with Gasteiger partial charge in [0, 0.05) is 52.3 Å². The third kappa shape index (κ3) is 4.67. The molecule has 1 fully saturated rings. The monoisotopic (exact) mass is 401 g/mol. The number of carbonyl (C=O) groups excluding carboxylic acids is 3. The van der Waals surface area contributed by atoms with Gasteiger partial charge in [-0.05, 0) is 25.5 Å². The van der Waals surface area contributed by atoms with E-state index in [4.69, 9.17) is 4.74 Å². The quantitative estimate of drug-likeness (QED) is 0.623. The Morgan fingerprint density at radius 3 is 2.62 bits per heavy atom. The third-order valence-corrected chi connectivity index (χ3v) is 5.84. The molecule has 3 amide bonds. The highest BCUT2D eigenvalue weighted by atomic mass is 16.5. The zero-order chi connectivity index (χ0) is 21.0. The fraction of sp³-hybridized carbons (Fsp3) is 0.591. The molecule has 7 nitrogen and oxygen atoms in total. The number of carbonyl (C=O) groups is 3. The van der Waals surface area contributed by atoms with Crippen molar-refractivity contribution >= 4 is 17.7 Å². The fourth-order valence-corrected chi connectivity index (χ4v) is 4.20. The van der Waals surface area contributed by atoms with Crippen LogP contribution in [-0.2, 0) is 9.53 Å². The van der Waals surface area contributed by atoms with Crippen molar-refractivity contribution in [3.63, 3.8) is 0 Å². The number of hydrogen-bond acceptors (Lipinski definition) is 5. The Bertz CT molecular complexity index is 779. The maximum Gasteiger partial charge on any atom is 0.261 e. The summed E-state index contributed by atoms with van der Waals surface area (Å²) < 4.78 is 5.20. The van der Waals surface area contributed by atoms with Crippen molar-refractivity contribution in [3.05, 3.63) is 34.9 Å². The third-order valence-electron chi connectivity index (χ3n) is 5.84. The molecule has 0 unspecified atom stereocenters. The molecule has 158 valence electrons. The summed E-state index contributed by atoms with van der Waals surface area (Å²) in [6.07, 6.45) is 2.26. The second kappa shape index (κ2) is 9.50. The highest BCUT2D eigenvalue weighted by Gasteiger charge is 2.36. The molecule has 1 aromatic rings. The second-order valence-corrected chi connectivity index (χ2v) is 7.87. The smallest absolute Gasteiger partial charge is 0.261 e. The van der Waals surface area contributed by atoms with Crippen molar-refractivity contribution in [1.29, 1.82) is 0 Å². The number of aryl methyl sites for hydroxylation is 1. The average molecular weight is 402 g/mol. The molecule has 2 aliphatic rings. The molecule has 0 aliphatic carbocycles. The van der Waals surface area contributed by atoms with Crippen LogP contribution in [0.25, 0.3) is 0 Å². The number of benzene rings is 1. The molecular formula is C22H31N3O4. The Morgan fingerprint density at radius 2 is 1.90 bits per heavy atom. The van der Waals surface area contributed by atoms with E-state index < -0.39 is 0 Å². The summed E-state index contributed by atoms with van der Waals surface area (Å²) in [5.74, 6) is -0.592. The predicted octanol–water partition coefficient (Wildman–Crippen LogP) is 1.94. The van der Waals surface area contributed by atoms with Crippen LogP contribution in [0.3, 0.4) is 0 Å². The lowest BCUT2D eigenvalue weighted by Gasteiger charge is -2.41. The van der Waals surface area contributed by atoms with Gasteiger partial charge in [0.2, 0.25) is 5.91 Å². The van der Waals surface area contributed by atoms with E-state index in [1.165, 1.54) is 4.90 Å². The van der Waals surface area contributed by atoms with Crippen LogP contribution < -0.4 is 0 Å². The molecule has 2 heterocycles. The number of piperazine rings is 1. The zero-order valence-corrected chi connectivity index (χ0v) is 17.6. The summed E-state index contributed by atoms with van der Waals surface area (Å²) in [4.78, 5) is 43.4. The summed E-state index contributed by atoms with van der Waals surface area (Å²) in [5, 5.41) is 0. The van der Waals surface area contributed by atoms with E-state index in [9.17, 15) is 14.4 Å². The van der Waals surface area contributed by atoms with Crippen molar-refractivity contribution in [2.75, 3.05) is 46.4 Å². The molecular weight excluding hydrogens is 370 g/mol. The predicted molar refractivity (Wildman–Crippen MR) is 110 cm³/mol. The molecule has 29 heavy (non-hydrogen) atoms. The molecule has 0 bridgehead atoms. The molecule has 0 N–H and O–H groups in total. The summed E-state index contributed by atoms with van der Waals surface area (Å²) in [5.41, 5.74) is 1.82. The lowest BCUT2D eigenvalue weighted by atomic mass is 10.1. The van der Waals surface area contributed by atoms with Crippen LogP contribution in [-0.4, -0.2) is 84.9 Å². The van der Waals surface area contributed by atoms with Crippen LogP contribution in [0.4, 0.5) is 0 Å². The average Bonchev–Trinajstić information content (AvgIpc) is 2.95. The minimum Gasteiger partial charge on any atom is -0.383 e. The van der Waals surface area contributed by atoms with Crippen LogP contribution in [0.2, 0.25) is 0 Å². The fourth-order valence-electron chi connectivity index (χ4n) is 4.20. The second-order valence-electron chi connectivity index (χ2n) is 7.87. The number of imide groups is 1. The number of methoxy groups -OCH3 is 1. The Labute approximate surface area is 172 Å². The van der Waals surface area contributed by atoms with Gasteiger partial charge < -0.3 is 9.64 Å². The zero-order valence-electron chi connectivity index (χ0n) is 17.6. The Morgan fingerprint density at radius 1 is 1.14 bits per heavy atom. The minimum atomic E-state index is -0.300.